The molecule has 94 valence electrons. The van der Waals surface area contributed by atoms with Crippen LogP contribution in [0.25, 0.3) is 10.9 Å². The fourth-order valence-corrected chi connectivity index (χ4v) is 2.40. The molecule has 0 aliphatic rings. The molecule has 19 heavy (non-hydrogen) atoms. The van der Waals surface area contributed by atoms with Crippen molar-refractivity contribution in [2.45, 2.75) is 6.54 Å². The number of anilines is 1. The van der Waals surface area contributed by atoms with Crippen molar-refractivity contribution >= 4 is 32.7 Å². The van der Waals surface area contributed by atoms with Gasteiger partial charge in [-0.05, 0) is 39.7 Å². The summed E-state index contributed by atoms with van der Waals surface area (Å²) in [7, 11) is 0. The molecule has 0 amide bonds. The fraction of sp³-hybridized carbons (Fsp3) is 0.0667. The minimum Gasteiger partial charge on any atom is -0.365 e. The highest BCUT2D eigenvalue weighted by Crippen LogP contribution is 2.21. The van der Waals surface area contributed by atoms with Crippen molar-refractivity contribution in [3.05, 3.63) is 64.9 Å². The standard InChI is InChI=1S/C15H12BrN3/c16-13-7-3-9-18-15(13)19-10-12-5-1-4-11-6-2-8-17-14(11)12/h1-9H,10H2,(H,18,19). The van der Waals surface area contributed by atoms with Crippen LogP contribution >= 0.6 is 15.9 Å². The van der Waals surface area contributed by atoms with Crippen LogP contribution < -0.4 is 5.32 Å². The number of fused-ring (bicyclic) bond motifs is 1. The second-order valence-electron chi connectivity index (χ2n) is 4.18. The molecule has 0 aliphatic carbocycles. The number of nitrogens with zero attached hydrogens (tertiary/aromatic N) is 2. The van der Waals surface area contributed by atoms with Crippen molar-refractivity contribution in [2.75, 3.05) is 5.32 Å². The highest BCUT2D eigenvalue weighted by Gasteiger charge is 2.03. The van der Waals surface area contributed by atoms with Crippen LogP contribution in [0.4, 0.5) is 5.82 Å². The first-order chi connectivity index (χ1) is 9.34. The van der Waals surface area contributed by atoms with Gasteiger partial charge in [-0.2, -0.15) is 0 Å². The number of aromatic nitrogens is 2. The second-order valence-corrected chi connectivity index (χ2v) is 5.03. The van der Waals surface area contributed by atoms with Gasteiger partial charge in [0.1, 0.15) is 5.82 Å². The van der Waals surface area contributed by atoms with Crippen molar-refractivity contribution in [2.24, 2.45) is 0 Å². The number of nitrogens with one attached hydrogen (secondary N) is 1. The number of rotatable bonds is 3. The molecule has 1 N–H and O–H groups in total. The third kappa shape index (κ3) is 2.58. The summed E-state index contributed by atoms with van der Waals surface area (Å²) in [6, 6.07) is 14.1. The zero-order chi connectivity index (χ0) is 13.1. The number of hydrogen-bond donors (Lipinski definition) is 1. The van der Waals surface area contributed by atoms with Crippen LogP contribution in [-0.2, 0) is 6.54 Å². The summed E-state index contributed by atoms with van der Waals surface area (Å²) >= 11 is 3.48. The Morgan fingerprint density at radius 1 is 0.947 bits per heavy atom. The first-order valence-corrected chi connectivity index (χ1v) is 6.81. The van der Waals surface area contributed by atoms with Crippen molar-refractivity contribution in [3.63, 3.8) is 0 Å². The molecule has 0 saturated carbocycles. The van der Waals surface area contributed by atoms with Gasteiger partial charge in [0.25, 0.3) is 0 Å². The summed E-state index contributed by atoms with van der Waals surface area (Å²) in [5.74, 6) is 0.843. The van der Waals surface area contributed by atoms with Gasteiger partial charge in [0, 0.05) is 24.3 Å². The average Bonchev–Trinajstić information content (AvgIpc) is 2.46. The van der Waals surface area contributed by atoms with E-state index >= 15 is 0 Å². The van der Waals surface area contributed by atoms with Crippen molar-refractivity contribution < 1.29 is 0 Å². The highest BCUT2D eigenvalue weighted by molar-refractivity contribution is 9.10. The summed E-state index contributed by atoms with van der Waals surface area (Å²) in [4.78, 5) is 8.74. The molecule has 0 aliphatic heterocycles. The molecule has 0 bridgehead atoms. The molecule has 0 fully saturated rings. The Kier molecular flexibility index (Phi) is 3.42. The third-order valence-corrected chi connectivity index (χ3v) is 3.56. The van der Waals surface area contributed by atoms with E-state index in [2.05, 4.69) is 55.5 Å². The van der Waals surface area contributed by atoms with Gasteiger partial charge in [-0.25, -0.2) is 4.98 Å². The topological polar surface area (TPSA) is 37.8 Å². The molecule has 3 aromatic rings. The zero-order valence-corrected chi connectivity index (χ0v) is 11.8. The van der Waals surface area contributed by atoms with Crippen molar-refractivity contribution in [1.29, 1.82) is 0 Å². The molecule has 0 spiro atoms. The Hall–Kier alpha value is -1.94. The lowest BCUT2D eigenvalue weighted by atomic mass is 10.1. The van der Waals surface area contributed by atoms with E-state index in [9.17, 15) is 0 Å². The van der Waals surface area contributed by atoms with Gasteiger partial charge in [0.05, 0.1) is 9.99 Å². The van der Waals surface area contributed by atoms with E-state index in [0.717, 1.165) is 26.8 Å². The summed E-state index contributed by atoms with van der Waals surface area (Å²) in [5, 5.41) is 4.48. The van der Waals surface area contributed by atoms with Crippen LogP contribution in [0.15, 0.2) is 59.3 Å². The van der Waals surface area contributed by atoms with Crippen LogP contribution in [0.5, 0.6) is 0 Å². The maximum Gasteiger partial charge on any atom is 0.140 e. The molecule has 0 atom stereocenters. The molecule has 1 aromatic carbocycles. The van der Waals surface area contributed by atoms with Gasteiger partial charge < -0.3 is 5.32 Å². The lowest BCUT2D eigenvalue weighted by Crippen LogP contribution is -2.02. The van der Waals surface area contributed by atoms with Crippen LogP contribution in [0, 0.1) is 0 Å². The molecule has 0 unspecified atom stereocenters. The number of halogens is 1. The van der Waals surface area contributed by atoms with E-state index < -0.39 is 0 Å². The van der Waals surface area contributed by atoms with E-state index in [4.69, 9.17) is 0 Å². The smallest absolute Gasteiger partial charge is 0.140 e. The van der Waals surface area contributed by atoms with Crippen molar-refractivity contribution in [1.82, 2.24) is 9.97 Å². The Morgan fingerprint density at radius 3 is 2.63 bits per heavy atom. The van der Waals surface area contributed by atoms with E-state index in [1.807, 2.05) is 24.4 Å². The fourth-order valence-electron chi connectivity index (χ4n) is 2.00. The first-order valence-electron chi connectivity index (χ1n) is 6.01. The number of benzene rings is 1. The predicted octanol–water partition coefficient (Wildman–Crippen LogP) is 4.00. The molecule has 0 radical (unpaired) electrons. The SMILES string of the molecule is Brc1cccnc1NCc1cccc2cccnc12. The Bertz CT molecular complexity index is 707. The Balaban J connectivity index is 1.88. The lowest BCUT2D eigenvalue weighted by Gasteiger charge is -2.09. The lowest BCUT2D eigenvalue weighted by molar-refractivity contribution is 1.11. The predicted molar refractivity (Wildman–Crippen MR) is 81.0 cm³/mol. The summed E-state index contributed by atoms with van der Waals surface area (Å²) in [5.41, 5.74) is 2.19. The molecular weight excluding hydrogens is 302 g/mol. The van der Waals surface area contributed by atoms with Crippen LogP contribution in [-0.4, -0.2) is 9.97 Å². The summed E-state index contributed by atoms with van der Waals surface area (Å²) in [6.45, 7) is 0.698. The van der Waals surface area contributed by atoms with Gasteiger partial charge >= 0.3 is 0 Å². The van der Waals surface area contributed by atoms with Gasteiger partial charge in [-0.1, -0.05) is 24.3 Å². The molecule has 0 saturated heterocycles. The quantitative estimate of drug-likeness (QED) is 0.794. The van der Waals surface area contributed by atoms with Gasteiger partial charge in [-0.15, -0.1) is 0 Å². The average molecular weight is 314 g/mol. The maximum absolute atomic E-state index is 4.44. The van der Waals surface area contributed by atoms with E-state index in [0.29, 0.717) is 6.54 Å². The maximum atomic E-state index is 4.44. The van der Waals surface area contributed by atoms with Gasteiger partial charge in [-0.3, -0.25) is 4.98 Å². The number of hydrogen-bond acceptors (Lipinski definition) is 3. The largest absolute Gasteiger partial charge is 0.365 e. The molecule has 3 rings (SSSR count). The van der Waals surface area contributed by atoms with Crippen LogP contribution in [0.2, 0.25) is 0 Å². The minimum absolute atomic E-state index is 0.698. The molecule has 2 heterocycles. The second kappa shape index (κ2) is 5.36. The third-order valence-electron chi connectivity index (χ3n) is 2.92. The van der Waals surface area contributed by atoms with Crippen LogP contribution in [0.3, 0.4) is 0 Å². The minimum atomic E-state index is 0.698. The van der Waals surface area contributed by atoms with E-state index in [1.54, 1.807) is 6.20 Å². The Labute approximate surface area is 119 Å². The normalized spacial score (nSPS) is 10.6. The number of pyridine rings is 2. The summed E-state index contributed by atoms with van der Waals surface area (Å²) in [6.07, 6.45) is 3.59. The Morgan fingerprint density at radius 2 is 1.74 bits per heavy atom. The molecule has 3 nitrogen and oxygen atoms in total. The molecular formula is C15H12BrN3. The molecule has 4 heteroatoms. The van der Waals surface area contributed by atoms with Crippen molar-refractivity contribution in [3.8, 4) is 0 Å². The number of para-hydroxylation sites is 1. The zero-order valence-electron chi connectivity index (χ0n) is 10.2. The molecule has 2 aromatic heterocycles. The highest BCUT2D eigenvalue weighted by atomic mass is 79.9. The summed E-state index contributed by atoms with van der Waals surface area (Å²) < 4.78 is 0.961. The van der Waals surface area contributed by atoms with Crippen LogP contribution in [0.1, 0.15) is 5.56 Å². The monoisotopic (exact) mass is 313 g/mol. The van der Waals surface area contributed by atoms with E-state index in [-0.39, 0.29) is 0 Å². The van der Waals surface area contributed by atoms with Gasteiger partial charge in [0.2, 0.25) is 0 Å². The van der Waals surface area contributed by atoms with E-state index in [1.165, 1.54) is 0 Å². The van der Waals surface area contributed by atoms with Gasteiger partial charge in [0.15, 0.2) is 0 Å². The first kappa shape index (κ1) is 12.1.